The lowest BCUT2D eigenvalue weighted by molar-refractivity contribution is -0.115. The summed E-state index contributed by atoms with van der Waals surface area (Å²) in [5.41, 5.74) is 2.21. The number of rotatable bonds is 2. The number of amides is 1. The Balaban J connectivity index is 1.86. The first kappa shape index (κ1) is 13.7. The molecule has 0 spiro atoms. The van der Waals surface area contributed by atoms with Gasteiger partial charge in [-0.05, 0) is 43.6 Å². The smallest absolute Gasteiger partial charge is 0.250 e. The number of hydrogen-bond acceptors (Lipinski definition) is 2. The zero-order chi connectivity index (χ0) is 13.7. The fourth-order valence-corrected chi connectivity index (χ4v) is 2.28. The van der Waals surface area contributed by atoms with Crippen molar-refractivity contribution in [3.05, 3.63) is 41.5 Å². The van der Waals surface area contributed by atoms with E-state index in [0.29, 0.717) is 5.11 Å². The number of carbonyl (C=O) groups is 1. The summed E-state index contributed by atoms with van der Waals surface area (Å²) in [4.78, 5) is 13.8. The van der Waals surface area contributed by atoms with Crippen molar-refractivity contribution in [2.75, 3.05) is 13.1 Å². The number of likely N-dealkylation sites (tertiary alicyclic amines) is 1. The zero-order valence-electron chi connectivity index (χ0n) is 11.1. The van der Waals surface area contributed by atoms with Gasteiger partial charge >= 0.3 is 0 Å². The number of thiocarbonyl (C=S) groups is 1. The molecule has 0 aliphatic carbocycles. The van der Waals surface area contributed by atoms with Crippen LogP contribution in [0, 0.1) is 6.92 Å². The highest BCUT2D eigenvalue weighted by molar-refractivity contribution is 7.80. The third-order valence-electron chi connectivity index (χ3n) is 3.13. The highest BCUT2D eigenvalue weighted by atomic mass is 32.1. The van der Waals surface area contributed by atoms with E-state index in [2.05, 4.69) is 5.32 Å². The molecular weight excluding hydrogens is 256 g/mol. The minimum Gasteiger partial charge on any atom is -0.349 e. The van der Waals surface area contributed by atoms with Crippen molar-refractivity contribution < 1.29 is 4.79 Å². The Hall–Kier alpha value is -1.68. The van der Waals surface area contributed by atoms with E-state index in [-0.39, 0.29) is 5.91 Å². The molecule has 1 N–H and O–H groups in total. The molecule has 0 unspecified atom stereocenters. The van der Waals surface area contributed by atoms with E-state index in [4.69, 9.17) is 12.2 Å². The summed E-state index contributed by atoms with van der Waals surface area (Å²) in [6, 6.07) is 8.01. The van der Waals surface area contributed by atoms with Crippen molar-refractivity contribution >= 4 is 29.3 Å². The van der Waals surface area contributed by atoms with Gasteiger partial charge in [0.15, 0.2) is 5.11 Å². The largest absolute Gasteiger partial charge is 0.349 e. The summed E-state index contributed by atoms with van der Waals surface area (Å²) in [5.74, 6) is -0.169. The van der Waals surface area contributed by atoms with E-state index in [1.807, 2.05) is 36.1 Å². The van der Waals surface area contributed by atoms with Crippen LogP contribution in [0.25, 0.3) is 6.08 Å². The van der Waals surface area contributed by atoms with E-state index in [1.165, 1.54) is 11.6 Å². The molecule has 1 aromatic carbocycles. The topological polar surface area (TPSA) is 32.3 Å². The van der Waals surface area contributed by atoms with Crippen LogP contribution in [0.5, 0.6) is 0 Å². The molecule has 0 radical (unpaired) electrons. The summed E-state index contributed by atoms with van der Waals surface area (Å²) >= 11 is 5.20. The van der Waals surface area contributed by atoms with Crippen molar-refractivity contribution in [1.82, 2.24) is 10.2 Å². The minimum atomic E-state index is -0.169. The van der Waals surface area contributed by atoms with Gasteiger partial charge < -0.3 is 4.90 Å². The molecule has 4 heteroatoms. The van der Waals surface area contributed by atoms with Gasteiger partial charge in [-0.25, -0.2) is 0 Å². The van der Waals surface area contributed by atoms with E-state index in [0.717, 1.165) is 31.5 Å². The Labute approximate surface area is 119 Å². The van der Waals surface area contributed by atoms with Crippen molar-refractivity contribution in [3.63, 3.8) is 0 Å². The number of benzene rings is 1. The maximum atomic E-state index is 11.7. The second-order valence-corrected chi connectivity index (χ2v) is 5.12. The zero-order valence-corrected chi connectivity index (χ0v) is 11.9. The van der Waals surface area contributed by atoms with Gasteiger partial charge in [0.2, 0.25) is 5.91 Å². The summed E-state index contributed by atoms with van der Waals surface area (Å²) in [6.45, 7) is 3.93. The van der Waals surface area contributed by atoms with Crippen LogP contribution in [0.15, 0.2) is 30.3 Å². The Bertz CT molecular complexity index is 487. The fraction of sp³-hybridized carbons (Fsp3) is 0.333. The van der Waals surface area contributed by atoms with Gasteiger partial charge in [0.1, 0.15) is 0 Å². The molecule has 1 heterocycles. The van der Waals surface area contributed by atoms with Gasteiger partial charge in [-0.15, -0.1) is 0 Å². The van der Waals surface area contributed by atoms with E-state index in [9.17, 15) is 4.79 Å². The predicted octanol–water partition coefficient (Wildman–Crippen LogP) is 2.51. The summed E-state index contributed by atoms with van der Waals surface area (Å²) in [6.07, 6.45) is 5.61. The molecule has 1 aliphatic rings. The number of nitrogens with zero attached hydrogens (tertiary/aromatic N) is 1. The van der Waals surface area contributed by atoms with Crippen molar-refractivity contribution in [2.45, 2.75) is 19.8 Å². The molecular formula is C15H18N2OS. The Morgan fingerprint density at radius 1 is 1.26 bits per heavy atom. The van der Waals surface area contributed by atoms with Crippen LogP contribution in [-0.2, 0) is 4.79 Å². The van der Waals surface area contributed by atoms with Crippen molar-refractivity contribution in [1.29, 1.82) is 0 Å². The van der Waals surface area contributed by atoms with Crippen molar-refractivity contribution in [3.8, 4) is 0 Å². The van der Waals surface area contributed by atoms with Gasteiger partial charge in [-0.3, -0.25) is 10.1 Å². The third-order valence-corrected chi connectivity index (χ3v) is 3.49. The summed E-state index contributed by atoms with van der Waals surface area (Å²) in [5, 5.41) is 3.27. The molecule has 0 atom stereocenters. The number of nitrogens with one attached hydrogen (secondary N) is 1. The fourth-order valence-electron chi connectivity index (χ4n) is 2.00. The molecule has 2 rings (SSSR count). The molecule has 1 aliphatic heterocycles. The Kier molecular flexibility index (Phi) is 4.68. The number of aryl methyl sites for hydroxylation is 1. The van der Waals surface area contributed by atoms with E-state index in [1.54, 1.807) is 6.08 Å². The number of carbonyl (C=O) groups excluding carboxylic acids is 1. The maximum Gasteiger partial charge on any atom is 0.250 e. The lowest BCUT2D eigenvalue weighted by Crippen LogP contribution is -2.40. The second kappa shape index (κ2) is 6.48. The Morgan fingerprint density at radius 2 is 1.89 bits per heavy atom. The highest BCUT2D eigenvalue weighted by Gasteiger charge is 2.15. The molecule has 1 aromatic rings. The normalized spacial score (nSPS) is 14.9. The van der Waals surface area contributed by atoms with Crippen LogP contribution in [0.4, 0.5) is 0 Å². The SMILES string of the molecule is Cc1ccc(/C=C/C(=O)NC(=S)N2CCCC2)cc1. The lowest BCUT2D eigenvalue weighted by atomic mass is 10.1. The van der Waals surface area contributed by atoms with Gasteiger partial charge in [0, 0.05) is 19.2 Å². The molecule has 0 saturated carbocycles. The van der Waals surface area contributed by atoms with Gasteiger partial charge in [-0.2, -0.15) is 0 Å². The lowest BCUT2D eigenvalue weighted by Gasteiger charge is -2.17. The van der Waals surface area contributed by atoms with Gasteiger partial charge in [-0.1, -0.05) is 29.8 Å². The molecule has 1 saturated heterocycles. The van der Waals surface area contributed by atoms with Crippen LogP contribution >= 0.6 is 12.2 Å². The second-order valence-electron chi connectivity index (χ2n) is 4.73. The average Bonchev–Trinajstić information content (AvgIpc) is 2.92. The standard InChI is InChI=1S/C15H18N2OS/c1-12-4-6-13(7-5-12)8-9-14(18)16-15(19)17-10-2-3-11-17/h4-9H,2-3,10-11H2,1H3,(H,16,18,19)/b9-8+. The monoisotopic (exact) mass is 274 g/mol. The molecule has 19 heavy (non-hydrogen) atoms. The van der Waals surface area contributed by atoms with Crippen LogP contribution in [0.2, 0.25) is 0 Å². The van der Waals surface area contributed by atoms with Crippen LogP contribution in [-0.4, -0.2) is 29.0 Å². The van der Waals surface area contributed by atoms with Crippen molar-refractivity contribution in [2.24, 2.45) is 0 Å². The van der Waals surface area contributed by atoms with Crippen LogP contribution in [0.3, 0.4) is 0 Å². The quantitative estimate of drug-likeness (QED) is 0.664. The van der Waals surface area contributed by atoms with Crippen LogP contribution < -0.4 is 5.32 Å². The average molecular weight is 274 g/mol. The first-order chi connectivity index (χ1) is 9.15. The Morgan fingerprint density at radius 3 is 2.53 bits per heavy atom. The predicted molar refractivity (Wildman–Crippen MR) is 81.8 cm³/mol. The highest BCUT2D eigenvalue weighted by Crippen LogP contribution is 2.07. The molecule has 1 amide bonds. The van der Waals surface area contributed by atoms with Crippen LogP contribution in [0.1, 0.15) is 24.0 Å². The molecule has 0 aromatic heterocycles. The third kappa shape index (κ3) is 4.17. The minimum absolute atomic E-state index is 0.169. The molecule has 0 bridgehead atoms. The summed E-state index contributed by atoms with van der Waals surface area (Å²) < 4.78 is 0. The van der Waals surface area contributed by atoms with Gasteiger partial charge in [0.05, 0.1) is 0 Å². The van der Waals surface area contributed by atoms with E-state index < -0.39 is 0 Å². The maximum absolute atomic E-state index is 11.7. The first-order valence-corrected chi connectivity index (χ1v) is 6.90. The molecule has 1 fully saturated rings. The number of hydrogen-bond donors (Lipinski definition) is 1. The molecule has 100 valence electrons. The van der Waals surface area contributed by atoms with E-state index >= 15 is 0 Å². The molecule has 3 nitrogen and oxygen atoms in total. The first-order valence-electron chi connectivity index (χ1n) is 6.50. The summed E-state index contributed by atoms with van der Waals surface area (Å²) in [7, 11) is 0. The van der Waals surface area contributed by atoms with Gasteiger partial charge in [0.25, 0.3) is 0 Å².